The Morgan fingerprint density at radius 1 is 1.25 bits per heavy atom. The molecule has 0 aliphatic rings. The fourth-order valence-corrected chi connectivity index (χ4v) is 1.56. The van der Waals surface area contributed by atoms with Crippen molar-refractivity contribution in [2.45, 2.75) is 46.0 Å². The normalized spacial score (nSPS) is 11.6. The van der Waals surface area contributed by atoms with Crippen LogP contribution in [0.4, 0.5) is 4.39 Å². The second-order valence-corrected chi connectivity index (χ2v) is 5.09. The van der Waals surface area contributed by atoms with Crippen molar-refractivity contribution in [3.63, 3.8) is 0 Å². The fourth-order valence-electron chi connectivity index (χ4n) is 1.56. The van der Waals surface area contributed by atoms with E-state index in [9.17, 15) is 4.39 Å². The van der Waals surface area contributed by atoms with Crippen LogP contribution in [0.5, 0.6) is 5.75 Å². The Kier molecular flexibility index (Phi) is 4.34. The Hall–Kier alpha value is -1.05. The molecule has 16 heavy (non-hydrogen) atoms. The summed E-state index contributed by atoms with van der Waals surface area (Å²) in [6, 6.07) is 4.79. The molecule has 0 N–H and O–H groups in total. The van der Waals surface area contributed by atoms with Crippen LogP contribution in [-0.2, 0) is 5.41 Å². The first-order chi connectivity index (χ1) is 7.45. The predicted molar refractivity (Wildman–Crippen MR) is 65.5 cm³/mol. The largest absolute Gasteiger partial charge is 0.493 e. The molecule has 2 heteroatoms. The molecule has 0 spiro atoms. The summed E-state index contributed by atoms with van der Waals surface area (Å²) in [7, 11) is 0. The summed E-state index contributed by atoms with van der Waals surface area (Å²) in [5.74, 6) is 0.445. The van der Waals surface area contributed by atoms with Crippen LogP contribution >= 0.6 is 0 Å². The summed E-state index contributed by atoms with van der Waals surface area (Å²) in [4.78, 5) is 0. The highest BCUT2D eigenvalue weighted by molar-refractivity contribution is 5.38. The lowest BCUT2D eigenvalue weighted by molar-refractivity contribution is 0.299. The maximum atomic E-state index is 13.2. The Morgan fingerprint density at radius 3 is 2.50 bits per heavy atom. The molecule has 1 rings (SSSR count). The lowest BCUT2D eigenvalue weighted by Gasteiger charge is -2.22. The van der Waals surface area contributed by atoms with Crippen LogP contribution in [0, 0.1) is 5.82 Å². The highest BCUT2D eigenvalue weighted by Gasteiger charge is 2.19. The van der Waals surface area contributed by atoms with E-state index in [0.717, 1.165) is 18.4 Å². The van der Waals surface area contributed by atoms with Crippen molar-refractivity contribution in [1.29, 1.82) is 0 Å². The summed E-state index contributed by atoms with van der Waals surface area (Å²) in [6.07, 6.45) is 2.08. The van der Waals surface area contributed by atoms with Crippen molar-refractivity contribution in [2.24, 2.45) is 0 Å². The Bertz CT molecular complexity index is 339. The van der Waals surface area contributed by atoms with Crippen LogP contribution < -0.4 is 4.74 Å². The van der Waals surface area contributed by atoms with Gasteiger partial charge in [-0.3, -0.25) is 0 Å². The topological polar surface area (TPSA) is 9.23 Å². The second kappa shape index (κ2) is 5.33. The molecule has 0 aliphatic heterocycles. The smallest absolute Gasteiger partial charge is 0.126 e. The van der Waals surface area contributed by atoms with E-state index in [1.807, 2.05) is 6.07 Å². The van der Waals surface area contributed by atoms with Gasteiger partial charge in [0.25, 0.3) is 0 Å². The quantitative estimate of drug-likeness (QED) is 0.693. The number of hydrogen-bond donors (Lipinski definition) is 0. The summed E-state index contributed by atoms with van der Waals surface area (Å²) in [5.41, 5.74) is 1.04. The van der Waals surface area contributed by atoms with E-state index in [-0.39, 0.29) is 11.2 Å². The van der Waals surface area contributed by atoms with Crippen LogP contribution in [0.25, 0.3) is 0 Å². The first-order valence-electron chi connectivity index (χ1n) is 5.88. The monoisotopic (exact) mass is 224 g/mol. The molecule has 0 aliphatic carbocycles. The number of hydrogen-bond acceptors (Lipinski definition) is 1. The zero-order valence-corrected chi connectivity index (χ0v) is 10.6. The molecule has 90 valence electrons. The van der Waals surface area contributed by atoms with Crippen LogP contribution in [-0.4, -0.2) is 6.61 Å². The Labute approximate surface area is 97.6 Å². The Balaban J connectivity index is 2.90. The maximum absolute atomic E-state index is 13.2. The summed E-state index contributed by atoms with van der Waals surface area (Å²) < 4.78 is 18.8. The van der Waals surface area contributed by atoms with Crippen molar-refractivity contribution in [1.82, 2.24) is 0 Å². The molecule has 0 bridgehead atoms. The van der Waals surface area contributed by atoms with E-state index in [0.29, 0.717) is 12.4 Å². The first kappa shape index (κ1) is 13.0. The molecule has 0 saturated heterocycles. The van der Waals surface area contributed by atoms with Crippen molar-refractivity contribution in [3.05, 3.63) is 29.6 Å². The van der Waals surface area contributed by atoms with Crippen molar-refractivity contribution in [2.75, 3.05) is 6.61 Å². The minimum atomic E-state index is -0.237. The predicted octanol–water partition coefficient (Wildman–Crippen LogP) is 4.30. The molecular weight excluding hydrogens is 203 g/mol. The number of rotatable bonds is 4. The highest BCUT2D eigenvalue weighted by Crippen LogP contribution is 2.31. The summed E-state index contributed by atoms with van der Waals surface area (Å²) in [5, 5.41) is 0. The van der Waals surface area contributed by atoms with Gasteiger partial charge in [-0.2, -0.15) is 0 Å². The third kappa shape index (κ3) is 3.51. The van der Waals surface area contributed by atoms with Crippen molar-refractivity contribution < 1.29 is 9.13 Å². The summed E-state index contributed by atoms with van der Waals surface area (Å²) >= 11 is 0. The molecule has 1 nitrogen and oxygen atoms in total. The Morgan fingerprint density at radius 2 is 1.94 bits per heavy atom. The molecule has 0 heterocycles. The van der Waals surface area contributed by atoms with Crippen LogP contribution in [0.2, 0.25) is 0 Å². The van der Waals surface area contributed by atoms with E-state index < -0.39 is 0 Å². The molecule has 0 aromatic heterocycles. The zero-order valence-electron chi connectivity index (χ0n) is 10.6. The number of benzene rings is 1. The minimum absolute atomic E-state index is 0.0186. The zero-order chi connectivity index (χ0) is 12.2. The van der Waals surface area contributed by atoms with Gasteiger partial charge in [-0.25, -0.2) is 4.39 Å². The van der Waals surface area contributed by atoms with Gasteiger partial charge in [0.05, 0.1) is 6.61 Å². The number of unbranched alkanes of at least 4 members (excludes halogenated alkanes) is 1. The molecule has 0 atom stereocenters. The van der Waals surface area contributed by atoms with Crippen LogP contribution in [0.15, 0.2) is 18.2 Å². The maximum Gasteiger partial charge on any atom is 0.126 e. The van der Waals surface area contributed by atoms with E-state index in [1.54, 1.807) is 0 Å². The highest BCUT2D eigenvalue weighted by atomic mass is 19.1. The number of ether oxygens (including phenoxy) is 1. The molecule has 0 radical (unpaired) electrons. The van der Waals surface area contributed by atoms with Gasteiger partial charge < -0.3 is 4.74 Å². The van der Waals surface area contributed by atoms with Gasteiger partial charge in [0.15, 0.2) is 0 Å². The van der Waals surface area contributed by atoms with Gasteiger partial charge in [-0.1, -0.05) is 40.2 Å². The van der Waals surface area contributed by atoms with E-state index >= 15 is 0 Å². The second-order valence-electron chi connectivity index (χ2n) is 5.09. The molecule has 0 amide bonds. The third-order valence-corrected chi connectivity index (χ3v) is 2.51. The van der Waals surface area contributed by atoms with E-state index in [4.69, 9.17) is 4.74 Å². The molecule has 0 fully saturated rings. The molecule has 0 unspecified atom stereocenters. The van der Waals surface area contributed by atoms with Crippen LogP contribution in [0.3, 0.4) is 0 Å². The minimum Gasteiger partial charge on any atom is -0.493 e. The molecule has 1 aromatic rings. The third-order valence-electron chi connectivity index (χ3n) is 2.51. The molecule has 0 saturated carbocycles. The molecular formula is C14H21FO. The lowest BCUT2D eigenvalue weighted by Crippen LogP contribution is -2.14. The first-order valence-corrected chi connectivity index (χ1v) is 5.88. The lowest BCUT2D eigenvalue weighted by atomic mass is 9.86. The van der Waals surface area contributed by atoms with E-state index in [1.165, 1.54) is 12.1 Å². The van der Waals surface area contributed by atoms with Gasteiger partial charge >= 0.3 is 0 Å². The van der Waals surface area contributed by atoms with Gasteiger partial charge in [0.2, 0.25) is 0 Å². The van der Waals surface area contributed by atoms with Crippen molar-refractivity contribution in [3.8, 4) is 5.75 Å². The van der Waals surface area contributed by atoms with Crippen molar-refractivity contribution >= 4 is 0 Å². The van der Waals surface area contributed by atoms with Gasteiger partial charge in [0, 0.05) is 6.07 Å². The average molecular weight is 224 g/mol. The average Bonchev–Trinajstić information content (AvgIpc) is 2.16. The van der Waals surface area contributed by atoms with Gasteiger partial charge in [-0.15, -0.1) is 0 Å². The SMILES string of the molecule is CCCCOc1cc(F)ccc1C(C)(C)C. The summed E-state index contributed by atoms with van der Waals surface area (Å²) in [6.45, 7) is 9.08. The number of halogens is 1. The van der Waals surface area contributed by atoms with Gasteiger partial charge in [0.1, 0.15) is 11.6 Å². The standard InChI is InChI=1S/C14H21FO/c1-5-6-9-16-13-10-11(15)7-8-12(13)14(2,3)4/h7-8,10H,5-6,9H2,1-4H3. The van der Waals surface area contributed by atoms with Gasteiger partial charge in [-0.05, 0) is 23.5 Å². The molecule has 1 aromatic carbocycles. The van der Waals surface area contributed by atoms with Crippen LogP contribution in [0.1, 0.15) is 46.1 Å². The fraction of sp³-hybridized carbons (Fsp3) is 0.571. The van der Waals surface area contributed by atoms with E-state index in [2.05, 4.69) is 27.7 Å².